The monoisotopic (exact) mass is 355 g/mol. The Bertz CT molecular complexity index is 631. The van der Waals surface area contributed by atoms with Crippen LogP contribution in [0.4, 0.5) is 5.82 Å². The number of piperidine rings is 1. The predicted molar refractivity (Wildman–Crippen MR) is 96.2 cm³/mol. The van der Waals surface area contributed by atoms with Gasteiger partial charge in [-0.2, -0.15) is 17.0 Å². The smallest absolute Gasteiger partial charge is 0.281 e. The number of anilines is 1. The minimum absolute atomic E-state index is 0.277. The third-order valence-corrected chi connectivity index (χ3v) is 6.65. The van der Waals surface area contributed by atoms with Crippen LogP contribution >= 0.6 is 0 Å². The van der Waals surface area contributed by atoms with Gasteiger partial charge in [-0.3, -0.25) is 4.98 Å². The van der Waals surface area contributed by atoms with Crippen LogP contribution in [0.1, 0.15) is 32.4 Å². The van der Waals surface area contributed by atoms with Crippen LogP contribution in [0.2, 0.25) is 0 Å². The van der Waals surface area contributed by atoms with Gasteiger partial charge in [-0.25, -0.2) is 4.98 Å². The summed E-state index contributed by atoms with van der Waals surface area (Å²) in [7, 11) is 0.544. The molecule has 1 aromatic heterocycles. The summed E-state index contributed by atoms with van der Waals surface area (Å²) in [6, 6.07) is 0. The average molecular weight is 356 g/mol. The van der Waals surface area contributed by atoms with E-state index in [4.69, 9.17) is 0 Å². The molecule has 7 nitrogen and oxygen atoms in total. The van der Waals surface area contributed by atoms with Crippen LogP contribution in [0.15, 0.2) is 12.4 Å². The molecular weight excluding hydrogens is 326 g/mol. The van der Waals surface area contributed by atoms with Gasteiger partial charge in [0.05, 0.1) is 5.69 Å². The molecule has 1 aromatic rings. The summed E-state index contributed by atoms with van der Waals surface area (Å²) in [5, 5.41) is 0. The van der Waals surface area contributed by atoms with Crippen LogP contribution in [0.25, 0.3) is 0 Å². The van der Waals surface area contributed by atoms with Crippen LogP contribution in [-0.2, 0) is 16.6 Å². The first kappa shape index (κ1) is 19.1. The first-order valence-electron chi connectivity index (χ1n) is 8.62. The van der Waals surface area contributed by atoms with E-state index in [1.807, 2.05) is 32.8 Å². The zero-order valence-electron chi connectivity index (χ0n) is 15.1. The summed E-state index contributed by atoms with van der Waals surface area (Å²) >= 11 is 0. The number of aromatic nitrogens is 2. The molecule has 24 heavy (non-hydrogen) atoms. The Morgan fingerprint density at radius 2 is 1.88 bits per heavy atom. The van der Waals surface area contributed by atoms with Crippen molar-refractivity contribution in [1.29, 1.82) is 0 Å². The summed E-state index contributed by atoms with van der Waals surface area (Å²) in [5.74, 6) is 1.14. The van der Waals surface area contributed by atoms with Gasteiger partial charge in [-0.15, -0.1) is 0 Å². The van der Waals surface area contributed by atoms with Gasteiger partial charge in [-0.1, -0.05) is 13.8 Å². The van der Waals surface area contributed by atoms with Gasteiger partial charge in [0.25, 0.3) is 10.2 Å². The fourth-order valence-corrected chi connectivity index (χ4v) is 5.00. The lowest BCUT2D eigenvalue weighted by atomic mass is 9.94. The standard InChI is InChI=1S/C16H29N5O2S/c1-5-20(6-2)24(22,23)21-11-7-8-14(13-21)12-15-16(19(3)4)18-10-9-17-15/h9-10,14H,5-8,11-13H2,1-4H3/t14-/m0/s1. The molecule has 1 fully saturated rings. The highest BCUT2D eigenvalue weighted by Gasteiger charge is 2.32. The molecule has 1 aliphatic rings. The molecule has 1 atom stereocenters. The molecule has 0 radical (unpaired) electrons. The maximum Gasteiger partial charge on any atom is 0.281 e. The maximum atomic E-state index is 12.7. The summed E-state index contributed by atoms with van der Waals surface area (Å²) < 4.78 is 28.6. The Morgan fingerprint density at radius 1 is 1.21 bits per heavy atom. The maximum absolute atomic E-state index is 12.7. The van der Waals surface area contributed by atoms with Gasteiger partial charge in [-0.05, 0) is 25.2 Å². The number of hydrogen-bond acceptors (Lipinski definition) is 5. The minimum Gasteiger partial charge on any atom is -0.361 e. The molecule has 0 aromatic carbocycles. The van der Waals surface area contributed by atoms with Gasteiger partial charge >= 0.3 is 0 Å². The molecule has 2 heterocycles. The molecular formula is C16H29N5O2S. The molecule has 0 aliphatic carbocycles. The van der Waals surface area contributed by atoms with Crippen molar-refractivity contribution in [3.63, 3.8) is 0 Å². The summed E-state index contributed by atoms with van der Waals surface area (Å²) in [6.45, 7) is 5.94. The van der Waals surface area contributed by atoms with Gasteiger partial charge in [0.15, 0.2) is 0 Å². The first-order chi connectivity index (χ1) is 11.4. The Balaban J connectivity index is 2.12. The van der Waals surface area contributed by atoms with E-state index in [2.05, 4.69) is 9.97 Å². The molecule has 1 saturated heterocycles. The van der Waals surface area contributed by atoms with E-state index < -0.39 is 10.2 Å². The molecule has 0 spiro atoms. The molecule has 0 unspecified atom stereocenters. The summed E-state index contributed by atoms with van der Waals surface area (Å²) in [4.78, 5) is 10.8. The molecule has 0 saturated carbocycles. The van der Waals surface area contributed by atoms with E-state index in [1.54, 1.807) is 16.7 Å². The first-order valence-corrected chi connectivity index (χ1v) is 10.0. The third-order valence-electron chi connectivity index (χ3n) is 4.50. The molecule has 136 valence electrons. The zero-order chi connectivity index (χ0) is 17.7. The van der Waals surface area contributed by atoms with Crippen molar-refractivity contribution in [2.75, 3.05) is 45.2 Å². The van der Waals surface area contributed by atoms with Gasteiger partial charge in [0, 0.05) is 52.7 Å². The molecule has 8 heteroatoms. The van der Waals surface area contributed by atoms with E-state index in [1.165, 1.54) is 4.31 Å². The molecule has 0 amide bonds. The largest absolute Gasteiger partial charge is 0.361 e. The molecule has 0 N–H and O–H groups in total. The second kappa shape index (κ2) is 8.22. The van der Waals surface area contributed by atoms with Crippen molar-refractivity contribution in [3.8, 4) is 0 Å². The molecule has 0 bridgehead atoms. The van der Waals surface area contributed by atoms with Gasteiger partial charge in [0.1, 0.15) is 5.82 Å². The van der Waals surface area contributed by atoms with Crippen molar-refractivity contribution in [2.45, 2.75) is 33.1 Å². The van der Waals surface area contributed by atoms with Crippen LogP contribution in [0, 0.1) is 5.92 Å². The van der Waals surface area contributed by atoms with E-state index in [9.17, 15) is 8.42 Å². The van der Waals surface area contributed by atoms with Crippen molar-refractivity contribution in [1.82, 2.24) is 18.6 Å². The van der Waals surface area contributed by atoms with Crippen LogP contribution in [0.3, 0.4) is 0 Å². The van der Waals surface area contributed by atoms with Crippen molar-refractivity contribution in [2.24, 2.45) is 5.92 Å². The van der Waals surface area contributed by atoms with Gasteiger partial charge in [0.2, 0.25) is 0 Å². The van der Waals surface area contributed by atoms with Crippen molar-refractivity contribution >= 4 is 16.0 Å². The third kappa shape index (κ3) is 4.23. The minimum atomic E-state index is -3.36. The van der Waals surface area contributed by atoms with E-state index in [-0.39, 0.29) is 5.92 Å². The van der Waals surface area contributed by atoms with Crippen LogP contribution in [0.5, 0.6) is 0 Å². The molecule has 1 aliphatic heterocycles. The summed E-state index contributed by atoms with van der Waals surface area (Å²) in [6.07, 6.45) is 6.06. The topological polar surface area (TPSA) is 69.6 Å². The summed E-state index contributed by atoms with van der Waals surface area (Å²) in [5.41, 5.74) is 0.939. The average Bonchev–Trinajstić information content (AvgIpc) is 2.56. The SMILES string of the molecule is CCN(CC)S(=O)(=O)N1CCC[C@@H](Cc2nccnc2N(C)C)C1. The van der Waals surface area contributed by atoms with E-state index in [0.717, 1.165) is 30.8 Å². The lowest BCUT2D eigenvalue weighted by Gasteiger charge is -2.35. The second-order valence-corrected chi connectivity index (χ2v) is 8.31. The second-order valence-electron chi connectivity index (χ2n) is 6.38. The highest BCUT2D eigenvalue weighted by molar-refractivity contribution is 7.86. The Kier molecular flexibility index (Phi) is 6.54. The number of rotatable bonds is 7. The van der Waals surface area contributed by atoms with Crippen LogP contribution in [-0.4, -0.2) is 67.3 Å². The lowest BCUT2D eigenvalue weighted by Crippen LogP contribution is -2.48. The molecule has 2 rings (SSSR count). The van der Waals surface area contributed by atoms with Crippen molar-refractivity contribution in [3.05, 3.63) is 18.1 Å². The lowest BCUT2D eigenvalue weighted by molar-refractivity contribution is 0.247. The van der Waals surface area contributed by atoms with E-state index in [0.29, 0.717) is 26.2 Å². The van der Waals surface area contributed by atoms with Crippen molar-refractivity contribution < 1.29 is 8.42 Å². The zero-order valence-corrected chi connectivity index (χ0v) is 16.0. The Morgan fingerprint density at radius 3 is 2.50 bits per heavy atom. The van der Waals surface area contributed by atoms with Crippen LogP contribution < -0.4 is 4.90 Å². The normalized spacial score (nSPS) is 19.6. The number of hydrogen-bond donors (Lipinski definition) is 0. The number of nitrogens with zero attached hydrogens (tertiary/aromatic N) is 5. The highest BCUT2D eigenvalue weighted by atomic mass is 32.2. The highest BCUT2D eigenvalue weighted by Crippen LogP contribution is 2.25. The predicted octanol–water partition coefficient (Wildman–Crippen LogP) is 1.38. The quantitative estimate of drug-likeness (QED) is 0.739. The fraction of sp³-hybridized carbons (Fsp3) is 0.750. The Hall–Kier alpha value is -1.25. The Labute approximate surface area is 145 Å². The van der Waals surface area contributed by atoms with Gasteiger partial charge < -0.3 is 4.90 Å². The van der Waals surface area contributed by atoms with E-state index >= 15 is 0 Å². The fourth-order valence-electron chi connectivity index (χ4n) is 3.27.